The van der Waals surface area contributed by atoms with Gasteiger partial charge in [0.1, 0.15) is 11.0 Å². The van der Waals surface area contributed by atoms with Gasteiger partial charge in [0, 0.05) is 6.54 Å². The lowest BCUT2D eigenvalue weighted by Crippen LogP contribution is -2.12. The average Bonchev–Trinajstić information content (AvgIpc) is 2.44. The van der Waals surface area contributed by atoms with Crippen molar-refractivity contribution in [1.29, 1.82) is 0 Å². The predicted molar refractivity (Wildman–Crippen MR) is 77.6 cm³/mol. The van der Waals surface area contributed by atoms with Gasteiger partial charge in [-0.05, 0) is 23.6 Å². The molecule has 2 rings (SSSR count). The van der Waals surface area contributed by atoms with Crippen LogP contribution < -0.4 is 5.32 Å². The average molecular weight is 315 g/mol. The predicted octanol–water partition coefficient (Wildman–Crippen LogP) is 4.97. The van der Waals surface area contributed by atoms with Gasteiger partial charge < -0.3 is 5.32 Å². The maximum absolute atomic E-state index is 12.7. The minimum Gasteiger partial charge on any atom is -0.369 e. The van der Waals surface area contributed by atoms with Crippen molar-refractivity contribution < 1.29 is 13.2 Å². The molecule has 0 saturated heterocycles. The van der Waals surface area contributed by atoms with Crippen LogP contribution in [0.1, 0.15) is 24.0 Å². The van der Waals surface area contributed by atoms with Gasteiger partial charge in [-0.1, -0.05) is 48.9 Å². The first-order valence-corrected chi connectivity index (χ1v) is 6.77. The number of nitrogens with zero attached hydrogens (tertiary/aromatic N) is 1. The Morgan fingerprint density at radius 2 is 1.86 bits per heavy atom. The first-order valence-electron chi connectivity index (χ1n) is 6.40. The van der Waals surface area contributed by atoms with Gasteiger partial charge in [0.2, 0.25) is 0 Å². The van der Waals surface area contributed by atoms with Crippen molar-refractivity contribution in [1.82, 2.24) is 4.98 Å². The van der Waals surface area contributed by atoms with Crippen LogP contribution in [0.15, 0.2) is 42.5 Å². The summed E-state index contributed by atoms with van der Waals surface area (Å²) in [6.07, 6.45) is -4.44. The highest BCUT2D eigenvalue weighted by Crippen LogP contribution is 2.32. The van der Waals surface area contributed by atoms with Crippen LogP contribution in [0.25, 0.3) is 0 Å². The lowest BCUT2D eigenvalue weighted by molar-refractivity contribution is -0.137. The summed E-state index contributed by atoms with van der Waals surface area (Å²) in [6.45, 7) is 2.45. The molecule has 0 bridgehead atoms. The Balaban J connectivity index is 2.08. The minimum atomic E-state index is -4.44. The number of rotatable bonds is 4. The van der Waals surface area contributed by atoms with Crippen LogP contribution in [0, 0.1) is 0 Å². The third kappa shape index (κ3) is 4.36. The molecule has 0 aliphatic carbocycles. The third-order valence-electron chi connectivity index (χ3n) is 3.08. The lowest BCUT2D eigenvalue weighted by Gasteiger charge is -2.15. The molecule has 1 aromatic carbocycles. The van der Waals surface area contributed by atoms with Gasteiger partial charge in [-0.2, -0.15) is 13.2 Å². The Hall–Kier alpha value is -1.75. The van der Waals surface area contributed by atoms with Crippen LogP contribution in [0.3, 0.4) is 0 Å². The number of hydrogen-bond acceptors (Lipinski definition) is 2. The largest absolute Gasteiger partial charge is 0.416 e. The van der Waals surface area contributed by atoms with E-state index in [1.165, 1.54) is 0 Å². The van der Waals surface area contributed by atoms with Crippen molar-refractivity contribution in [2.24, 2.45) is 0 Å². The van der Waals surface area contributed by atoms with Crippen molar-refractivity contribution in [2.45, 2.75) is 19.0 Å². The second kappa shape index (κ2) is 6.35. The first kappa shape index (κ1) is 15.6. The summed E-state index contributed by atoms with van der Waals surface area (Å²) >= 11 is 5.64. The number of aromatic nitrogens is 1. The van der Waals surface area contributed by atoms with Crippen LogP contribution in [-0.2, 0) is 6.18 Å². The fraction of sp³-hybridized carbons (Fsp3) is 0.267. The van der Waals surface area contributed by atoms with Gasteiger partial charge >= 0.3 is 6.18 Å². The molecule has 112 valence electrons. The second-order valence-corrected chi connectivity index (χ2v) is 5.14. The summed E-state index contributed by atoms with van der Waals surface area (Å²) in [6, 6.07) is 11.5. The quantitative estimate of drug-likeness (QED) is 0.806. The molecule has 2 nitrogen and oxygen atoms in total. The van der Waals surface area contributed by atoms with E-state index in [1.807, 2.05) is 37.3 Å². The molecule has 0 amide bonds. The Morgan fingerprint density at radius 1 is 1.19 bits per heavy atom. The molecule has 0 aliphatic rings. The molecular weight excluding hydrogens is 301 g/mol. The first-order chi connectivity index (χ1) is 9.86. The highest BCUT2D eigenvalue weighted by molar-refractivity contribution is 6.29. The van der Waals surface area contributed by atoms with Crippen LogP contribution in [0.4, 0.5) is 19.0 Å². The molecule has 2 aromatic rings. The minimum absolute atomic E-state index is 0.123. The molecule has 1 N–H and O–H groups in total. The molecule has 0 fully saturated rings. The smallest absolute Gasteiger partial charge is 0.369 e. The molecule has 1 heterocycles. The van der Waals surface area contributed by atoms with Crippen molar-refractivity contribution >= 4 is 17.4 Å². The zero-order valence-electron chi connectivity index (χ0n) is 11.3. The van der Waals surface area contributed by atoms with E-state index in [-0.39, 0.29) is 16.9 Å². The standard InChI is InChI=1S/C15H14ClF3N2/c1-10(11-5-3-2-4-6-11)9-20-14-8-12(15(17,18)19)7-13(16)21-14/h2-8,10H,9H2,1H3,(H,20,21). The van der Waals surface area contributed by atoms with E-state index in [1.54, 1.807) is 0 Å². The van der Waals surface area contributed by atoms with E-state index in [0.29, 0.717) is 6.54 Å². The molecule has 0 aliphatic heterocycles. The highest BCUT2D eigenvalue weighted by Gasteiger charge is 2.31. The Morgan fingerprint density at radius 3 is 2.48 bits per heavy atom. The van der Waals surface area contributed by atoms with Gasteiger partial charge in [0.05, 0.1) is 5.56 Å². The van der Waals surface area contributed by atoms with Crippen LogP contribution in [0.5, 0.6) is 0 Å². The monoisotopic (exact) mass is 314 g/mol. The van der Waals surface area contributed by atoms with Gasteiger partial charge in [0.25, 0.3) is 0 Å². The molecule has 1 aromatic heterocycles. The maximum Gasteiger partial charge on any atom is 0.416 e. The van der Waals surface area contributed by atoms with E-state index in [0.717, 1.165) is 17.7 Å². The number of halogens is 4. The number of alkyl halides is 3. The van der Waals surface area contributed by atoms with Crippen LogP contribution in [0.2, 0.25) is 5.15 Å². The summed E-state index contributed by atoms with van der Waals surface area (Å²) < 4.78 is 38.1. The summed E-state index contributed by atoms with van der Waals surface area (Å²) in [4.78, 5) is 3.87. The summed E-state index contributed by atoms with van der Waals surface area (Å²) in [5.41, 5.74) is 0.292. The van der Waals surface area contributed by atoms with Gasteiger partial charge in [-0.25, -0.2) is 4.98 Å². The number of pyridine rings is 1. The summed E-state index contributed by atoms with van der Waals surface area (Å²) in [5.74, 6) is 0.263. The van der Waals surface area contributed by atoms with Crippen molar-refractivity contribution in [3.8, 4) is 0 Å². The zero-order valence-corrected chi connectivity index (χ0v) is 12.0. The van der Waals surface area contributed by atoms with Gasteiger partial charge in [-0.3, -0.25) is 0 Å². The molecule has 0 saturated carbocycles. The van der Waals surface area contributed by atoms with E-state index in [4.69, 9.17) is 11.6 Å². The Labute approximate surface area is 126 Å². The summed E-state index contributed by atoms with van der Waals surface area (Å²) in [5, 5.41) is 2.72. The molecule has 0 radical (unpaired) electrons. The fourth-order valence-corrected chi connectivity index (χ4v) is 2.12. The normalized spacial score (nSPS) is 13.0. The van der Waals surface area contributed by atoms with E-state index in [9.17, 15) is 13.2 Å². The summed E-state index contributed by atoms with van der Waals surface area (Å²) in [7, 11) is 0. The number of nitrogens with one attached hydrogen (secondary N) is 1. The topological polar surface area (TPSA) is 24.9 Å². The molecule has 1 unspecified atom stereocenters. The number of anilines is 1. The Bertz CT molecular complexity index is 600. The highest BCUT2D eigenvalue weighted by atomic mass is 35.5. The van der Waals surface area contributed by atoms with E-state index >= 15 is 0 Å². The van der Waals surface area contributed by atoms with Crippen molar-refractivity contribution in [2.75, 3.05) is 11.9 Å². The molecular formula is C15H14ClF3N2. The fourth-order valence-electron chi connectivity index (χ4n) is 1.91. The third-order valence-corrected chi connectivity index (χ3v) is 3.27. The van der Waals surface area contributed by atoms with Crippen molar-refractivity contribution in [3.63, 3.8) is 0 Å². The van der Waals surface area contributed by atoms with Gasteiger partial charge in [0.15, 0.2) is 0 Å². The zero-order chi connectivity index (χ0) is 15.5. The molecule has 6 heteroatoms. The lowest BCUT2D eigenvalue weighted by atomic mass is 10.0. The van der Waals surface area contributed by atoms with Crippen LogP contribution in [-0.4, -0.2) is 11.5 Å². The second-order valence-electron chi connectivity index (χ2n) is 4.75. The van der Waals surface area contributed by atoms with Crippen LogP contribution >= 0.6 is 11.6 Å². The number of benzene rings is 1. The molecule has 21 heavy (non-hydrogen) atoms. The SMILES string of the molecule is CC(CNc1cc(C(F)(F)F)cc(Cl)n1)c1ccccc1. The molecule has 0 spiro atoms. The Kier molecular flexibility index (Phi) is 4.73. The van der Waals surface area contributed by atoms with E-state index < -0.39 is 11.7 Å². The molecule has 1 atom stereocenters. The van der Waals surface area contributed by atoms with Gasteiger partial charge in [-0.15, -0.1) is 0 Å². The number of hydrogen-bond donors (Lipinski definition) is 1. The maximum atomic E-state index is 12.7. The van der Waals surface area contributed by atoms with E-state index in [2.05, 4.69) is 10.3 Å². The van der Waals surface area contributed by atoms with Crippen molar-refractivity contribution in [3.05, 3.63) is 58.7 Å².